The summed E-state index contributed by atoms with van der Waals surface area (Å²) in [7, 11) is -0.589. The van der Waals surface area contributed by atoms with Gasteiger partial charge in [0.05, 0.1) is 11.5 Å². The van der Waals surface area contributed by atoms with Crippen LogP contribution in [0.1, 0.15) is 12.6 Å². The van der Waals surface area contributed by atoms with E-state index in [4.69, 9.17) is 9.15 Å². The molecule has 0 saturated heterocycles. The van der Waals surface area contributed by atoms with E-state index < -0.39 is 10.0 Å². The van der Waals surface area contributed by atoms with Crippen molar-refractivity contribution in [2.45, 2.75) is 11.8 Å². The van der Waals surface area contributed by atoms with Crippen LogP contribution in [0.4, 0.5) is 11.6 Å². The lowest BCUT2D eigenvalue weighted by Gasteiger charge is -2.11. The summed E-state index contributed by atoms with van der Waals surface area (Å²) in [5.74, 6) is 1.16. The molecule has 0 aliphatic rings. The third-order valence-corrected chi connectivity index (χ3v) is 5.87. The summed E-state index contributed by atoms with van der Waals surface area (Å²) < 4.78 is 36.6. The molecule has 0 fully saturated rings. The van der Waals surface area contributed by atoms with Gasteiger partial charge in [-0.3, -0.25) is 0 Å². The van der Waals surface area contributed by atoms with E-state index in [0.717, 1.165) is 10.1 Å². The molecule has 0 aliphatic carbocycles. The third-order valence-electron chi connectivity index (χ3n) is 4.04. The van der Waals surface area contributed by atoms with Crippen LogP contribution in [0.3, 0.4) is 0 Å². The normalized spacial score (nSPS) is 11.3. The highest BCUT2D eigenvalue weighted by Crippen LogP contribution is 2.29. The second kappa shape index (κ2) is 8.34. The molecule has 0 unspecified atom stereocenters. The van der Waals surface area contributed by atoms with Crippen LogP contribution >= 0.6 is 0 Å². The number of rotatable bonds is 7. The van der Waals surface area contributed by atoms with Crippen LogP contribution in [0.15, 0.2) is 57.8 Å². The van der Waals surface area contributed by atoms with E-state index >= 15 is 0 Å². The summed E-state index contributed by atoms with van der Waals surface area (Å²) in [5, 5.41) is 12.4. The lowest BCUT2D eigenvalue weighted by Crippen LogP contribution is -2.22. The maximum Gasteiger partial charge on any atom is 0.242 e. The highest BCUT2D eigenvalue weighted by atomic mass is 32.2. The topological polar surface area (TPSA) is 108 Å². The van der Waals surface area contributed by atoms with Gasteiger partial charge < -0.3 is 14.5 Å². The molecule has 0 saturated carbocycles. The Hall–Kier alpha value is -3.35. The predicted octanol–water partition coefficient (Wildman–Crippen LogP) is 3.61. The van der Waals surface area contributed by atoms with Gasteiger partial charge in [0.25, 0.3) is 0 Å². The Morgan fingerprint density at radius 3 is 2.34 bits per heavy atom. The maximum absolute atomic E-state index is 12.2. The maximum atomic E-state index is 12.2. The van der Waals surface area contributed by atoms with Gasteiger partial charge in [0.1, 0.15) is 11.8 Å². The van der Waals surface area contributed by atoms with Crippen molar-refractivity contribution in [3.8, 4) is 23.3 Å². The zero-order valence-electron chi connectivity index (χ0n) is 16.2. The molecule has 0 spiro atoms. The van der Waals surface area contributed by atoms with Gasteiger partial charge in [0.15, 0.2) is 0 Å². The largest absolute Gasteiger partial charge is 0.494 e. The number of ether oxygens (including phenoxy) is 1. The first kappa shape index (κ1) is 20.4. The second-order valence-electron chi connectivity index (χ2n) is 6.20. The molecule has 1 N–H and O–H groups in total. The highest BCUT2D eigenvalue weighted by molar-refractivity contribution is 7.89. The number of oxazole rings is 1. The van der Waals surface area contributed by atoms with Crippen LogP contribution in [-0.2, 0) is 10.0 Å². The molecule has 3 rings (SSSR count). The first-order valence-corrected chi connectivity index (χ1v) is 10.2. The first-order valence-electron chi connectivity index (χ1n) is 8.79. The molecule has 0 radical (unpaired) electrons. The average Bonchev–Trinajstić information content (AvgIpc) is 3.12. The smallest absolute Gasteiger partial charge is 0.242 e. The van der Waals surface area contributed by atoms with E-state index in [-0.39, 0.29) is 22.4 Å². The van der Waals surface area contributed by atoms with Crippen molar-refractivity contribution in [2.24, 2.45) is 0 Å². The zero-order chi connectivity index (χ0) is 21.0. The Bertz CT molecular complexity index is 1130. The van der Waals surface area contributed by atoms with E-state index in [9.17, 15) is 13.7 Å². The molecule has 0 aliphatic heterocycles. The molecule has 3 aromatic rings. The Morgan fingerprint density at radius 1 is 1.14 bits per heavy atom. The quantitative estimate of drug-likeness (QED) is 0.631. The average molecular weight is 412 g/mol. The monoisotopic (exact) mass is 412 g/mol. The van der Waals surface area contributed by atoms with Gasteiger partial charge in [-0.05, 0) is 55.5 Å². The minimum absolute atomic E-state index is 0.0962. The lowest BCUT2D eigenvalue weighted by atomic mass is 10.2. The van der Waals surface area contributed by atoms with E-state index in [1.54, 1.807) is 36.4 Å². The molecule has 29 heavy (non-hydrogen) atoms. The van der Waals surface area contributed by atoms with Crippen LogP contribution in [-0.4, -0.2) is 38.4 Å². The van der Waals surface area contributed by atoms with E-state index in [1.807, 2.05) is 13.0 Å². The van der Waals surface area contributed by atoms with Gasteiger partial charge in [0.2, 0.25) is 27.5 Å². The molecule has 2 aromatic carbocycles. The fraction of sp³-hybridized carbons (Fsp3) is 0.200. The summed E-state index contributed by atoms with van der Waals surface area (Å²) in [6, 6.07) is 15.3. The molecular formula is C20H20N4O4S. The first-order chi connectivity index (χ1) is 13.8. The molecule has 1 aromatic heterocycles. The van der Waals surface area contributed by atoms with Crippen molar-refractivity contribution in [3.63, 3.8) is 0 Å². The van der Waals surface area contributed by atoms with E-state index in [0.29, 0.717) is 17.9 Å². The summed E-state index contributed by atoms with van der Waals surface area (Å²) >= 11 is 0. The number of anilines is 2. The van der Waals surface area contributed by atoms with Crippen molar-refractivity contribution < 1.29 is 17.6 Å². The molecule has 9 heteroatoms. The SMILES string of the molecule is CCOc1ccc(Nc2oc(-c3ccc(S(=O)(=O)N(C)C)cc3)nc2C#N)cc1. The van der Waals surface area contributed by atoms with Crippen molar-refractivity contribution >= 4 is 21.6 Å². The molecule has 1 heterocycles. The number of aromatic nitrogens is 1. The van der Waals surface area contributed by atoms with Crippen molar-refractivity contribution in [1.82, 2.24) is 9.29 Å². The molecule has 150 valence electrons. The fourth-order valence-corrected chi connectivity index (χ4v) is 3.42. The van der Waals surface area contributed by atoms with Gasteiger partial charge >= 0.3 is 0 Å². The standard InChI is InChI=1S/C20H20N4O4S/c1-4-27-16-9-7-15(8-10-16)22-20-18(13-21)23-19(28-20)14-5-11-17(12-6-14)29(25,26)24(2)3/h5-12,22H,4H2,1-3H3. The Balaban J connectivity index is 1.85. The molecule has 8 nitrogen and oxygen atoms in total. The number of hydrogen-bond donors (Lipinski definition) is 1. The van der Waals surface area contributed by atoms with Crippen LogP contribution in [0.5, 0.6) is 5.75 Å². The zero-order valence-corrected chi connectivity index (χ0v) is 17.0. The predicted molar refractivity (Wildman–Crippen MR) is 108 cm³/mol. The second-order valence-corrected chi connectivity index (χ2v) is 8.35. The molecule has 0 atom stereocenters. The van der Waals surface area contributed by atoms with E-state index in [2.05, 4.69) is 10.3 Å². The summed E-state index contributed by atoms with van der Waals surface area (Å²) in [6.45, 7) is 2.48. The third kappa shape index (κ3) is 4.39. The minimum atomic E-state index is -3.52. The van der Waals surface area contributed by atoms with Crippen molar-refractivity contribution in [1.29, 1.82) is 5.26 Å². The Labute approximate surface area is 169 Å². The van der Waals surface area contributed by atoms with E-state index in [1.165, 1.54) is 26.2 Å². The molecule has 0 bridgehead atoms. The van der Waals surface area contributed by atoms with Gasteiger partial charge in [-0.25, -0.2) is 12.7 Å². The van der Waals surface area contributed by atoms with Gasteiger partial charge in [-0.15, -0.1) is 0 Å². The number of nitrogens with zero attached hydrogens (tertiary/aromatic N) is 3. The summed E-state index contributed by atoms with van der Waals surface area (Å²) in [4.78, 5) is 4.35. The number of hydrogen-bond acceptors (Lipinski definition) is 7. The lowest BCUT2D eigenvalue weighted by molar-refractivity contribution is 0.340. The number of sulfonamides is 1. The molecular weight excluding hydrogens is 392 g/mol. The van der Waals surface area contributed by atoms with Crippen LogP contribution < -0.4 is 10.1 Å². The molecule has 0 amide bonds. The summed E-state index contributed by atoms with van der Waals surface area (Å²) in [6.07, 6.45) is 0. The van der Waals surface area contributed by atoms with Crippen LogP contribution in [0.2, 0.25) is 0 Å². The van der Waals surface area contributed by atoms with Crippen molar-refractivity contribution in [2.75, 3.05) is 26.0 Å². The van der Waals surface area contributed by atoms with Gasteiger partial charge in [-0.2, -0.15) is 10.2 Å². The Morgan fingerprint density at radius 2 is 1.79 bits per heavy atom. The highest BCUT2D eigenvalue weighted by Gasteiger charge is 2.19. The number of benzene rings is 2. The van der Waals surface area contributed by atoms with Crippen molar-refractivity contribution in [3.05, 3.63) is 54.2 Å². The fourth-order valence-electron chi connectivity index (χ4n) is 2.52. The number of nitriles is 1. The van der Waals surface area contributed by atoms with Gasteiger partial charge in [0, 0.05) is 25.3 Å². The minimum Gasteiger partial charge on any atom is -0.494 e. The van der Waals surface area contributed by atoms with Crippen LogP contribution in [0.25, 0.3) is 11.5 Å². The Kier molecular flexibility index (Phi) is 5.87. The van der Waals surface area contributed by atoms with Gasteiger partial charge in [-0.1, -0.05) is 0 Å². The number of nitrogens with one attached hydrogen (secondary N) is 1. The summed E-state index contributed by atoms with van der Waals surface area (Å²) in [5.41, 5.74) is 1.36. The van der Waals surface area contributed by atoms with Crippen LogP contribution in [0, 0.1) is 11.3 Å².